The summed E-state index contributed by atoms with van der Waals surface area (Å²) in [5.41, 5.74) is 6.05. The van der Waals surface area contributed by atoms with Crippen molar-refractivity contribution in [3.05, 3.63) is 58.7 Å². The summed E-state index contributed by atoms with van der Waals surface area (Å²) < 4.78 is 0. The molecule has 1 aliphatic rings. The van der Waals surface area contributed by atoms with Gasteiger partial charge in [-0.3, -0.25) is 4.79 Å². The van der Waals surface area contributed by atoms with Crippen LogP contribution in [0.1, 0.15) is 27.0 Å². The van der Waals surface area contributed by atoms with Crippen molar-refractivity contribution in [2.24, 2.45) is 0 Å². The Balaban J connectivity index is 2.10. The minimum atomic E-state index is 0.138. The number of carbonyl (C=O) groups is 1. The lowest BCUT2D eigenvalue weighted by molar-refractivity contribution is 0.103. The van der Waals surface area contributed by atoms with Gasteiger partial charge in [-0.05, 0) is 41.8 Å². The van der Waals surface area contributed by atoms with E-state index >= 15 is 0 Å². The highest BCUT2D eigenvalue weighted by atomic mass is 16.1. The van der Waals surface area contributed by atoms with Crippen molar-refractivity contribution >= 4 is 17.2 Å². The molecule has 0 radical (unpaired) electrons. The highest BCUT2D eigenvalue weighted by Crippen LogP contribution is 2.31. The lowest BCUT2D eigenvalue weighted by atomic mass is 9.84. The molecule has 2 aromatic rings. The fraction of sp³-hybridized carbons (Fsp3) is 0.278. The molecular formula is C18H20N2O. The third kappa shape index (κ3) is 2.29. The highest BCUT2D eigenvalue weighted by Gasteiger charge is 2.24. The summed E-state index contributed by atoms with van der Waals surface area (Å²) >= 11 is 0. The average molecular weight is 280 g/mol. The second-order valence-electron chi connectivity index (χ2n) is 5.98. The van der Waals surface area contributed by atoms with Gasteiger partial charge in [-0.15, -0.1) is 0 Å². The summed E-state index contributed by atoms with van der Waals surface area (Å²) in [6.07, 6.45) is 0.831. The van der Waals surface area contributed by atoms with Crippen LogP contribution in [-0.2, 0) is 6.42 Å². The van der Waals surface area contributed by atoms with Gasteiger partial charge in [0.15, 0.2) is 5.78 Å². The molecule has 1 aliphatic carbocycles. The van der Waals surface area contributed by atoms with Crippen molar-refractivity contribution in [3.8, 4) is 0 Å². The first-order valence-electron chi connectivity index (χ1n) is 7.12. The van der Waals surface area contributed by atoms with Crippen LogP contribution in [0.5, 0.6) is 0 Å². The average Bonchev–Trinajstić information content (AvgIpc) is 2.46. The van der Waals surface area contributed by atoms with Gasteiger partial charge in [0.25, 0.3) is 0 Å². The number of ketones is 1. The van der Waals surface area contributed by atoms with Gasteiger partial charge in [0, 0.05) is 50.7 Å². The zero-order valence-corrected chi connectivity index (χ0v) is 13.0. The molecule has 0 saturated carbocycles. The van der Waals surface area contributed by atoms with E-state index in [1.54, 1.807) is 0 Å². The van der Waals surface area contributed by atoms with Crippen LogP contribution in [0.15, 0.2) is 36.4 Å². The molecule has 0 amide bonds. The lowest BCUT2D eigenvalue weighted by Gasteiger charge is -2.23. The van der Waals surface area contributed by atoms with Crippen LogP contribution in [0, 0.1) is 0 Å². The first-order chi connectivity index (χ1) is 9.97. The zero-order chi connectivity index (χ0) is 15.1. The molecule has 2 aromatic carbocycles. The molecule has 3 rings (SSSR count). The van der Waals surface area contributed by atoms with Gasteiger partial charge >= 0.3 is 0 Å². The van der Waals surface area contributed by atoms with Crippen LogP contribution < -0.4 is 9.80 Å². The highest BCUT2D eigenvalue weighted by molar-refractivity contribution is 6.13. The largest absolute Gasteiger partial charge is 0.378 e. The van der Waals surface area contributed by atoms with Crippen LogP contribution in [0.25, 0.3) is 0 Å². The predicted molar refractivity (Wildman–Crippen MR) is 87.8 cm³/mol. The van der Waals surface area contributed by atoms with Gasteiger partial charge < -0.3 is 9.80 Å². The Morgan fingerprint density at radius 2 is 1.19 bits per heavy atom. The van der Waals surface area contributed by atoms with Crippen LogP contribution in [0.3, 0.4) is 0 Å². The molecule has 0 bridgehead atoms. The summed E-state index contributed by atoms with van der Waals surface area (Å²) in [5, 5.41) is 0. The molecule has 21 heavy (non-hydrogen) atoms. The maximum atomic E-state index is 12.8. The van der Waals surface area contributed by atoms with E-state index in [1.807, 2.05) is 50.1 Å². The number of nitrogens with zero attached hydrogens (tertiary/aromatic N) is 2. The molecule has 108 valence electrons. The van der Waals surface area contributed by atoms with Gasteiger partial charge in [-0.2, -0.15) is 0 Å². The molecule has 0 heterocycles. The zero-order valence-electron chi connectivity index (χ0n) is 13.0. The van der Waals surface area contributed by atoms with Crippen LogP contribution in [-0.4, -0.2) is 34.0 Å². The number of hydrogen-bond acceptors (Lipinski definition) is 3. The Kier molecular flexibility index (Phi) is 3.20. The Bertz CT molecular complexity index is 658. The number of anilines is 2. The van der Waals surface area contributed by atoms with Gasteiger partial charge in [0.05, 0.1) is 0 Å². The van der Waals surface area contributed by atoms with E-state index in [0.29, 0.717) is 0 Å². The van der Waals surface area contributed by atoms with E-state index in [0.717, 1.165) is 40.0 Å². The first-order valence-corrected chi connectivity index (χ1v) is 7.12. The first kappa shape index (κ1) is 13.7. The molecular weight excluding hydrogens is 260 g/mol. The Hall–Kier alpha value is -2.29. The molecule has 3 heteroatoms. The fourth-order valence-electron chi connectivity index (χ4n) is 2.77. The molecule has 0 atom stereocenters. The van der Waals surface area contributed by atoms with E-state index in [4.69, 9.17) is 0 Å². The number of rotatable bonds is 2. The maximum absolute atomic E-state index is 12.8. The Labute approximate surface area is 125 Å². The van der Waals surface area contributed by atoms with Gasteiger partial charge in [0.1, 0.15) is 0 Å². The van der Waals surface area contributed by atoms with Crippen molar-refractivity contribution in [3.63, 3.8) is 0 Å². The van der Waals surface area contributed by atoms with Crippen LogP contribution >= 0.6 is 0 Å². The summed E-state index contributed by atoms with van der Waals surface area (Å²) in [7, 11) is 7.97. The van der Waals surface area contributed by atoms with Crippen LogP contribution in [0.4, 0.5) is 11.4 Å². The van der Waals surface area contributed by atoms with E-state index in [-0.39, 0.29) is 5.78 Å². The summed E-state index contributed by atoms with van der Waals surface area (Å²) in [5.74, 6) is 0.138. The van der Waals surface area contributed by atoms with E-state index in [1.165, 1.54) is 0 Å². The minimum Gasteiger partial charge on any atom is -0.378 e. The topological polar surface area (TPSA) is 23.6 Å². The number of benzene rings is 2. The van der Waals surface area contributed by atoms with Gasteiger partial charge in [0.2, 0.25) is 0 Å². The van der Waals surface area contributed by atoms with Gasteiger partial charge in [-0.1, -0.05) is 12.1 Å². The standard InChI is InChI=1S/C18H20N2O/c1-19(2)14-7-5-12-9-13-6-8-15(20(3)4)11-17(13)18(21)16(12)10-14/h5-8,10-11H,9H2,1-4H3. The Morgan fingerprint density at radius 3 is 1.57 bits per heavy atom. The van der Waals surface area contributed by atoms with Crippen molar-refractivity contribution in [2.45, 2.75) is 6.42 Å². The van der Waals surface area contributed by atoms with Gasteiger partial charge in [-0.25, -0.2) is 0 Å². The normalized spacial score (nSPS) is 12.7. The monoisotopic (exact) mass is 280 g/mol. The fourth-order valence-corrected chi connectivity index (χ4v) is 2.77. The lowest BCUT2D eigenvalue weighted by Crippen LogP contribution is -2.18. The summed E-state index contributed by atoms with van der Waals surface area (Å²) in [4.78, 5) is 16.9. The third-order valence-corrected chi connectivity index (χ3v) is 4.09. The number of carbonyl (C=O) groups excluding carboxylic acids is 1. The third-order valence-electron chi connectivity index (χ3n) is 4.09. The predicted octanol–water partition coefficient (Wildman–Crippen LogP) is 2.95. The molecule has 0 saturated heterocycles. The molecule has 3 nitrogen and oxygen atoms in total. The molecule has 0 spiro atoms. The van der Waals surface area contributed by atoms with Crippen molar-refractivity contribution in [2.75, 3.05) is 38.0 Å². The molecule has 0 N–H and O–H groups in total. The second kappa shape index (κ2) is 4.92. The number of hydrogen-bond donors (Lipinski definition) is 0. The molecule has 0 aliphatic heterocycles. The molecule has 0 unspecified atom stereocenters. The molecule has 0 aromatic heterocycles. The maximum Gasteiger partial charge on any atom is 0.193 e. The van der Waals surface area contributed by atoms with Crippen molar-refractivity contribution < 1.29 is 4.79 Å². The molecule has 0 fully saturated rings. The van der Waals surface area contributed by atoms with E-state index in [9.17, 15) is 4.79 Å². The minimum absolute atomic E-state index is 0.138. The quantitative estimate of drug-likeness (QED) is 0.721. The Morgan fingerprint density at radius 1 is 0.762 bits per heavy atom. The van der Waals surface area contributed by atoms with Crippen molar-refractivity contribution in [1.29, 1.82) is 0 Å². The smallest absolute Gasteiger partial charge is 0.193 e. The van der Waals surface area contributed by atoms with E-state index in [2.05, 4.69) is 24.3 Å². The van der Waals surface area contributed by atoms with E-state index < -0.39 is 0 Å². The van der Waals surface area contributed by atoms with Crippen molar-refractivity contribution in [1.82, 2.24) is 0 Å². The summed E-state index contributed by atoms with van der Waals surface area (Å²) in [6.45, 7) is 0. The second-order valence-corrected chi connectivity index (χ2v) is 5.98. The summed E-state index contributed by atoms with van der Waals surface area (Å²) in [6, 6.07) is 12.3. The number of fused-ring (bicyclic) bond motifs is 2. The van der Waals surface area contributed by atoms with Crippen LogP contribution in [0.2, 0.25) is 0 Å². The SMILES string of the molecule is CN(C)c1ccc2c(c1)C(=O)c1cc(N(C)C)ccc1C2.